The number of nitrogens with zero attached hydrogens (tertiary/aromatic N) is 4. The van der Waals surface area contributed by atoms with E-state index < -0.39 is 0 Å². The van der Waals surface area contributed by atoms with Crippen LogP contribution in [0.2, 0.25) is 0 Å². The van der Waals surface area contributed by atoms with Crippen LogP contribution in [0.15, 0.2) is 65.6 Å². The average Bonchev–Trinajstić information content (AvgIpc) is 2.69. The summed E-state index contributed by atoms with van der Waals surface area (Å²) < 4.78 is 0. The summed E-state index contributed by atoms with van der Waals surface area (Å²) in [5, 5.41) is 0. The molecular weight excluding hydrogens is 326 g/mol. The maximum Gasteiger partial charge on any atom is 0.251 e. The van der Waals surface area contributed by atoms with Crippen molar-refractivity contribution in [2.75, 3.05) is 31.1 Å². The Bertz CT molecular complexity index is 902. The van der Waals surface area contributed by atoms with Gasteiger partial charge in [0.05, 0.1) is 5.69 Å². The molecule has 132 valence electrons. The molecule has 1 N–H and O–H groups in total. The number of hydrogen-bond acceptors (Lipinski definition) is 5. The Labute approximate surface area is 152 Å². The van der Waals surface area contributed by atoms with E-state index in [9.17, 15) is 4.79 Å². The van der Waals surface area contributed by atoms with Gasteiger partial charge in [-0.25, -0.2) is 9.97 Å². The fourth-order valence-electron chi connectivity index (χ4n) is 3.23. The molecule has 0 radical (unpaired) electrons. The second-order valence-corrected chi connectivity index (χ2v) is 6.40. The molecule has 0 spiro atoms. The Balaban J connectivity index is 1.44. The number of aromatic amines is 1. The van der Waals surface area contributed by atoms with Crippen molar-refractivity contribution >= 4 is 5.82 Å². The smallest absolute Gasteiger partial charge is 0.251 e. The average molecular weight is 347 g/mol. The molecule has 4 rings (SSSR count). The Morgan fingerprint density at radius 1 is 0.962 bits per heavy atom. The summed E-state index contributed by atoms with van der Waals surface area (Å²) in [6, 6.07) is 17.3. The standard InChI is InChI=1S/C20H21N5O/c26-19-14-17(22-20(23-19)16-6-2-1-3-7-16)15-24-10-12-25(13-11-24)18-8-4-5-9-21-18/h1-9,14H,10-13,15H2,(H,22,23,26). The number of benzene rings is 1. The molecule has 0 bridgehead atoms. The van der Waals surface area contributed by atoms with E-state index in [1.807, 2.05) is 54.7 Å². The zero-order valence-electron chi connectivity index (χ0n) is 14.5. The van der Waals surface area contributed by atoms with E-state index in [4.69, 9.17) is 0 Å². The van der Waals surface area contributed by atoms with Crippen molar-refractivity contribution in [3.05, 3.63) is 76.8 Å². The molecule has 1 aliphatic heterocycles. The fraction of sp³-hybridized carbons (Fsp3) is 0.250. The van der Waals surface area contributed by atoms with Crippen LogP contribution in [0.4, 0.5) is 5.82 Å². The molecule has 6 nitrogen and oxygen atoms in total. The van der Waals surface area contributed by atoms with E-state index in [0.717, 1.165) is 43.3 Å². The molecule has 1 aromatic carbocycles. The predicted molar refractivity (Wildman–Crippen MR) is 102 cm³/mol. The Morgan fingerprint density at radius 2 is 1.73 bits per heavy atom. The van der Waals surface area contributed by atoms with Crippen LogP contribution >= 0.6 is 0 Å². The topological polar surface area (TPSA) is 65.1 Å². The van der Waals surface area contributed by atoms with E-state index in [-0.39, 0.29) is 5.56 Å². The third kappa shape index (κ3) is 3.81. The van der Waals surface area contributed by atoms with Crippen LogP contribution in [-0.2, 0) is 6.54 Å². The van der Waals surface area contributed by atoms with Crippen LogP contribution in [-0.4, -0.2) is 46.0 Å². The van der Waals surface area contributed by atoms with Crippen LogP contribution in [0.5, 0.6) is 0 Å². The van der Waals surface area contributed by atoms with E-state index in [0.29, 0.717) is 12.4 Å². The zero-order chi connectivity index (χ0) is 17.8. The van der Waals surface area contributed by atoms with Crippen molar-refractivity contribution in [2.45, 2.75) is 6.54 Å². The van der Waals surface area contributed by atoms with Crippen LogP contribution in [0, 0.1) is 0 Å². The first-order valence-corrected chi connectivity index (χ1v) is 8.82. The van der Waals surface area contributed by atoms with Gasteiger partial charge in [0.2, 0.25) is 0 Å². The normalized spacial score (nSPS) is 15.2. The predicted octanol–water partition coefficient (Wildman–Crippen LogP) is 2.15. The monoisotopic (exact) mass is 347 g/mol. The van der Waals surface area contributed by atoms with Crippen LogP contribution < -0.4 is 10.5 Å². The Morgan fingerprint density at radius 3 is 2.46 bits per heavy atom. The van der Waals surface area contributed by atoms with Gasteiger partial charge >= 0.3 is 0 Å². The highest BCUT2D eigenvalue weighted by molar-refractivity contribution is 5.54. The first kappa shape index (κ1) is 16.5. The SMILES string of the molecule is O=c1cc(CN2CCN(c3ccccn3)CC2)nc(-c2ccccc2)[nH]1. The van der Waals surface area contributed by atoms with Crippen molar-refractivity contribution in [1.29, 1.82) is 0 Å². The van der Waals surface area contributed by atoms with Crippen LogP contribution in [0.25, 0.3) is 11.4 Å². The van der Waals surface area contributed by atoms with E-state index in [1.165, 1.54) is 0 Å². The number of anilines is 1. The molecule has 6 heteroatoms. The minimum atomic E-state index is -0.110. The highest BCUT2D eigenvalue weighted by Crippen LogP contribution is 2.15. The molecule has 2 aromatic heterocycles. The number of piperazine rings is 1. The van der Waals surface area contributed by atoms with Crippen molar-refractivity contribution in [3.8, 4) is 11.4 Å². The van der Waals surface area contributed by atoms with Crippen molar-refractivity contribution < 1.29 is 0 Å². The van der Waals surface area contributed by atoms with Crippen LogP contribution in [0.3, 0.4) is 0 Å². The molecule has 26 heavy (non-hydrogen) atoms. The molecule has 3 aromatic rings. The molecule has 0 atom stereocenters. The quantitative estimate of drug-likeness (QED) is 0.783. The highest BCUT2D eigenvalue weighted by atomic mass is 16.1. The van der Waals surface area contributed by atoms with Crippen molar-refractivity contribution in [2.24, 2.45) is 0 Å². The number of rotatable bonds is 4. The second kappa shape index (κ2) is 7.49. The summed E-state index contributed by atoms with van der Waals surface area (Å²) in [7, 11) is 0. The van der Waals surface area contributed by atoms with Crippen molar-refractivity contribution in [3.63, 3.8) is 0 Å². The first-order valence-electron chi connectivity index (χ1n) is 8.82. The summed E-state index contributed by atoms with van der Waals surface area (Å²) in [5.74, 6) is 1.65. The molecule has 1 fully saturated rings. The van der Waals surface area contributed by atoms with Gasteiger partial charge in [-0.05, 0) is 12.1 Å². The summed E-state index contributed by atoms with van der Waals surface area (Å²) >= 11 is 0. The number of aromatic nitrogens is 3. The molecule has 0 aliphatic carbocycles. The summed E-state index contributed by atoms with van der Waals surface area (Å²) in [4.78, 5) is 28.5. The molecular formula is C20H21N5O. The molecule has 1 aliphatic rings. The Hall–Kier alpha value is -2.99. The largest absolute Gasteiger partial charge is 0.354 e. The lowest BCUT2D eigenvalue weighted by Gasteiger charge is -2.35. The van der Waals surface area contributed by atoms with Gasteiger partial charge in [-0.3, -0.25) is 9.69 Å². The lowest BCUT2D eigenvalue weighted by Crippen LogP contribution is -2.46. The van der Waals surface area contributed by atoms with E-state index >= 15 is 0 Å². The summed E-state index contributed by atoms with van der Waals surface area (Å²) in [6.45, 7) is 4.37. The van der Waals surface area contributed by atoms with Crippen LogP contribution in [0.1, 0.15) is 5.69 Å². The van der Waals surface area contributed by atoms with Gasteiger partial charge in [-0.2, -0.15) is 0 Å². The lowest BCUT2D eigenvalue weighted by molar-refractivity contribution is 0.246. The number of H-pyrrole nitrogens is 1. The molecule has 3 heterocycles. The minimum absolute atomic E-state index is 0.110. The van der Waals surface area contributed by atoms with E-state index in [2.05, 4.69) is 24.8 Å². The maximum absolute atomic E-state index is 12.0. The van der Waals surface area contributed by atoms with Gasteiger partial charge in [0, 0.05) is 50.6 Å². The molecule has 0 amide bonds. The van der Waals surface area contributed by atoms with Gasteiger partial charge in [-0.1, -0.05) is 36.4 Å². The number of hydrogen-bond donors (Lipinski definition) is 1. The fourth-order valence-corrected chi connectivity index (χ4v) is 3.23. The second-order valence-electron chi connectivity index (χ2n) is 6.40. The lowest BCUT2D eigenvalue weighted by atomic mass is 10.2. The summed E-state index contributed by atoms with van der Waals surface area (Å²) in [6.07, 6.45) is 1.83. The zero-order valence-corrected chi connectivity index (χ0v) is 14.5. The van der Waals surface area contributed by atoms with Gasteiger partial charge in [0.15, 0.2) is 0 Å². The third-order valence-electron chi connectivity index (χ3n) is 4.57. The third-order valence-corrected chi connectivity index (χ3v) is 4.57. The van der Waals surface area contributed by atoms with Crippen molar-refractivity contribution in [1.82, 2.24) is 19.9 Å². The van der Waals surface area contributed by atoms with Gasteiger partial charge in [0.25, 0.3) is 5.56 Å². The minimum Gasteiger partial charge on any atom is -0.354 e. The number of pyridine rings is 1. The summed E-state index contributed by atoms with van der Waals surface area (Å²) in [5.41, 5.74) is 1.62. The highest BCUT2D eigenvalue weighted by Gasteiger charge is 2.18. The molecule has 1 saturated heterocycles. The Kier molecular flexibility index (Phi) is 4.75. The van der Waals surface area contributed by atoms with Gasteiger partial charge in [-0.15, -0.1) is 0 Å². The first-order chi connectivity index (χ1) is 12.8. The van der Waals surface area contributed by atoms with Gasteiger partial charge < -0.3 is 9.88 Å². The molecule has 0 unspecified atom stereocenters. The van der Waals surface area contributed by atoms with Gasteiger partial charge in [0.1, 0.15) is 11.6 Å². The van der Waals surface area contributed by atoms with E-state index in [1.54, 1.807) is 6.07 Å². The maximum atomic E-state index is 12.0. The molecule has 0 saturated carbocycles. The number of nitrogens with one attached hydrogen (secondary N) is 1.